The Morgan fingerprint density at radius 2 is 2.05 bits per heavy atom. The molecule has 4 heterocycles. The van der Waals surface area contributed by atoms with Crippen molar-refractivity contribution in [1.29, 1.82) is 0 Å². The summed E-state index contributed by atoms with van der Waals surface area (Å²) in [6.45, 7) is 5.61. The second kappa shape index (κ2) is 4.71. The summed E-state index contributed by atoms with van der Waals surface area (Å²) >= 11 is 0. The van der Waals surface area contributed by atoms with Crippen molar-refractivity contribution in [3.8, 4) is 0 Å². The van der Waals surface area contributed by atoms with Crippen molar-refractivity contribution >= 4 is 11.3 Å². The molecule has 4 rings (SSSR count). The Balaban J connectivity index is 1.70. The van der Waals surface area contributed by atoms with E-state index in [9.17, 15) is 0 Å². The fraction of sp³-hybridized carbons (Fsp3) is 0.571. The van der Waals surface area contributed by atoms with Crippen molar-refractivity contribution < 1.29 is 4.74 Å². The molecule has 0 bridgehead atoms. The van der Waals surface area contributed by atoms with Gasteiger partial charge >= 0.3 is 0 Å². The number of fused-ring (bicyclic) bond motifs is 1. The summed E-state index contributed by atoms with van der Waals surface area (Å²) in [5.74, 6) is 0.555. The molecule has 6 heteroatoms. The Kier molecular flexibility index (Phi) is 2.85. The van der Waals surface area contributed by atoms with E-state index in [1.807, 2.05) is 10.7 Å². The SMILES string of the molecule is CN1CC(c2cn3nccc(N4CCOCC4)c3n2)C1. The number of likely N-dealkylation sites (tertiary alicyclic amines) is 1. The fourth-order valence-corrected chi connectivity index (χ4v) is 3.04. The van der Waals surface area contributed by atoms with Gasteiger partial charge in [-0.1, -0.05) is 0 Å². The maximum atomic E-state index is 5.43. The van der Waals surface area contributed by atoms with Gasteiger partial charge in [-0.3, -0.25) is 0 Å². The number of morpholine rings is 1. The van der Waals surface area contributed by atoms with Gasteiger partial charge in [0.25, 0.3) is 0 Å². The predicted octanol–water partition coefficient (Wildman–Crippen LogP) is 0.595. The van der Waals surface area contributed by atoms with E-state index in [1.165, 1.54) is 5.69 Å². The number of imidazole rings is 1. The molecule has 2 fully saturated rings. The molecule has 0 N–H and O–H groups in total. The molecule has 0 atom stereocenters. The molecule has 2 aromatic heterocycles. The lowest BCUT2D eigenvalue weighted by Crippen LogP contribution is -2.41. The summed E-state index contributed by atoms with van der Waals surface area (Å²) < 4.78 is 7.34. The maximum absolute atomic E-state index is 5.43. The first kappa shape index (κ1) is 12.1. The van der Waals surface area contributed by atoms with Gasteiger partial charge in [0.05, 0.1) is 37.0 Å². The molecule has 6 nitrogen and oxygen atoms in total. The molecule has 2 aliphatic heterocycles. The van der Waals surface area contributed by atoms with Gasteiger partial charge in [-0.05, 0) is 13.1 Å². The number of nitrogens with zero attached hydrogens (tertiary/aromatic N) is 5. The number of likely N-dealkylation sites (N-methyl/N-ethyl adjacent to an activating group) is 1. The van der Waals surface area contributed by atoms with E-state index in [1.54, 1.807) is 0 Å². The minimum absolute atomic E-state index is 0.555. The summed E-state index contributed by atoms with van der Waals surface area (Å²) in [6, 6.07) is 2.06. The van der Waals surface area contributed by atoms with E-state index in [2.05, 4.69) is 34.2 Å². The van der Waals surface area contributed by atoms with E-state index in [-0.39, 0.29) is 0 Å². The molecule has 0 saturated carbocycles. The highest BCUT2D eigenvalue weighted by molar-refractivity contribution is 5.68. The normalized spacial score (nSPS) is 21.4. The standard InChI is InChI=1S/C14H19N5O/c1-17-8-11(9-17)12-10-19-14(16-12)13(2-3-15-19)18-4-6-20-7-5-18/h2-3,10-11H,4-9H2,1H3. The Morgan fingerprint density at radius 3 is 2.80 bits per heavy atom. The topological polar surface area (TPSA) is 45.9 Å². The zero-order valence-electron chi connectivity index (χ0n) is 11.7. The van der Waals surface area contributed by atoms with Crippen LogP contribution in [0.2, 0.25) is 0 Å². The molecule has 0 radical (unpaired) electrons. The summed E-state index contributed by atoms with van der Waals surface area (Å²) in [7, 11) is 2.14. The van der Waals surface area contributed by atoms with Crippen LogP contribution in [0.25, 0.3) is 5.65 Å². The van der Waals surface area contributed by atoms with Gasteiger partial charge in [0.1, 0.15) is 0 Å². The molecule has 2 saturated heterocycles. The second-order valence-corrected chi connectivity index (χ2v) is 5.67. The molecule has 0 unspecified atom stereocenters. The van der Waals surface area contributed by atoms with Crippen molar-refractivity contribution in [3.05, 3.63) is 24.2 Å². The number of hydrogen-bond donors (Lipinski definition) is 0. The molecule has 106 valence electrons. The van der Waals surface area contributed by atoms with Crippen molar-refractivity contribution in [1.82, 2.24) is 19.5 Å². The number of rotatable bonds is 2. The van der Waals surface area contributed by atoms with Crippen molar-refractivity contribution in [2.24, 2.45) is 0 Å². The zero-order valence-corrected chi connectivity index (χ0v) is 11.7. The van der Waals surface area contributed by atoms with E-state index in [0.29, 0.717) is 5.92 Å². The monoisotopic (exact) mass is 273 g/mol. The molecule has 0 aromatic carbocycles. The molecule has 2 aliphatic rings. The van der Waals surface area contributed by atoms with Crippen LogP contribution in [0, 0.1) is 0 Å². The molecule has 2 aromatic rings. The van der Waals surface area contributed by atoms with E-state index >= 15 is 0 Å². The summed E-state index contributed by atoms with van der Waals surface area (Å²) in [6.07, 6.45) is 3.94. The lowest BCUT2D eigenvalue weighted by atomic mass is 9.98. The van der Waals surface area contributed by atoms with Crippen LogP contribution in [0.1, 0.15) is 11.6 Å². The van der Waals surface area contributed by atoms with Crippen molar-refractivity contribution in [2.75, 3.05) is 51.3 Å². The van der Waals surface area contributed by atoms with Crippen LogP contribution in [-0.2, 0) is 4.74 Å². The van der Waals surface area contributed by atoms with Gasteiger partial charge in [-0.25, -0.2) is 9.50 Å². The Hall–Kier alpha value is -1.66. The average molecular weight is 273 g/mol. The Bertz CT molecular complexity index is 613. The van der Waals surface area contributed by atoms with Crippen LogP contribution >= 0.6 is 0 Å². The molecular formula is C14H19N5O. The lowest BCUT2D eigenvalue weighted by Gasteiger charge is -2.34. The first-order chi connectivity index (χ1) is 9.81. The maximum Gasteiger partial charge on any atom is 0.177 e. The number of anilines is 1. The third-order valence-corrected chi connectivity index (χ3v) is 4.19. The third-order valence-electron chi connectivity index (χ3n) is 4.19. The first-order valence-electron chi connectivity index (χ1n) is 7.17. The van der Waals surface area contributed by atoms with Crippen LogP contribution in [0.4, 0.5) is 5.69 Å². The molecule has 0 amide bonds. The smallest absolute Gasteiger partial charge is 0.177 e. The number of aromatic nitrogens is 3. The first-order valence-corrected chi connectivity index (χ1v) is 7.17. The van der Waals surface area contributed by atoms with Gasteiger partial charge in [-0.15, -0.1) is 0 Å². The van der Waals surface area contributed by atoms with Gasteiger partial charge in [0.15, 0.2) is 5.65 Å². The van der Waals surface area contributed by atoms with Crippen molar-refractivity contribution in [3.63, 3.8) is 0 Å². The van der Waals surface area contributed by atoms with Gasteiger partial charge in [0.2, 0.25) is 0 Å². The Morgan fingerprint density at radius 1 is 1.25 bits per heavy atom. The van der Waals surface area contributed by atoms with Crippen LogP contribution in [0.15, 0.2) is 18.5 Å². The lowest BCUT2D eigenvalue weighted by molar-refractivity contribution is 0.123. The third kappa shape index (κ3) is 1.96. The molecule has 0 spiro atoms. The van der Waals surface area contributed by atoms with E-state index in [4.69, 9.17) is 9.72 Å². The highest BCUT2D eigenvalue weighted by atomic mass is 16.5. The van der Waals surface area contributed by atoms with Gasteiger partial charge in [0, 0.05) is 32.1 Å². The van der Waals surface area contributed by atoms with Crippen LogP contribution in [0.3, 0.4) is 0 Å². The van der Waals surface area contributed by atoms with Crippen LogP contribution < -0.4 is 4.90 Å². The largest absolute Gasteiger partial charge is 0.378 e. The second-order valence-electron chi connectivity index (χ2n) is 5.67. The van der Waals surface area contributed by atoms with Crippen molar-refractivity contribution in [2.45, 2.75) is 5.92 Å². The molecular weight excluding hydrogens is 254 g/mol. The minimum atomic E-state index is 0.555. The average Bonchev–Trinajstić information content (AvgIpc) is 2.88. The van der Waals surface area contributed by atoms with Gasteiger partial charge < -0.3 is 14.5 Å². The minimum Gasteiger partial charge on any atom is -0.378 e. The van der Waals surface area contributed by atoms with Crippen LogP contribution in [0.5, 0.6) is 0 Å². The number of hydrogen-bond acceptors (Lipinski definition) is 5. The predicted molar refractivity (Wildman–Crippen MR) is 76.3 cm³/mol. The Labute approximate surface area is 117 Å². The van der Waals surface area contributed by atoms with E-state index in [0.717, 1.165) is 50.7 Å². The highest BCUT2D eigenvalue weighted by Gasteiger charge is 2.28. The summed E-state index contributed by atoms with van der Waals surface area (Å²) in [4.78, 5) is 9.48. The zero-order chi connectivity index (χ0) is 13.5. The fourth-order valence-electron chi connectivity index (χ4n) is 3.04. The quantitative estimate of drug-likeness (QED) is 0.801. The van der Waals surface area contributed by atoms with Crippen LogP contribution in [-0.4, -0.2) is 65.9 Å². The molecule has 0 aliphatic carbocycles. The molecule has 20 heavy (non-hydrogen) atoms. The van der Waals surface area contributed by atoms with E-state index < -0.39 is 0 Å². The van der Waals surface area contributed by atoms with Gasteiger partial charge in [-0.2, -0.15) is 5.10 Å². The highest BCUT2D eigenvalue weighted by Crippen LogP contribution is 2.27. The summed E-state index contributed by atoms with van der Waals surface area (Å²) in [5.41, 5.74) is 3.30. The summed E-state index contributed by atoms with van der Waals surface area (Å²) in [5, 5.41) is 4.40. The number of ether oxygens (including phenoxy) is 1.